The summed E-state index contributed by atoms with van der Waals surface area (Å²) < 4.78 is 40.1. The Kier molecular flexibility index (Phi) is 3.78. The van der Waals surface area contributed by atoms with Crippen LogP contribution < -0.4 is 5.32 Å². The zero-order valence-electron chi connectivity index (χ0n) is 12.4. The van der Waals surface area contributed by atoms with E-state index in [-0.39, 0.29) is 30.3 Å². The number of hydrogen-bond donors (Lipinski definition) is 1. The number of rotatable bonds is 1. The number of anilines is 1. The highest BCUT2D eigenvalue weighted by Crippen LogP contribution is 2.38. The predicted octanol–water partition coefficient (Wildman–Crippen LogP) is 2.67. The first-order chi connectivity index (χ1) is 10.4. The molecule has 1 saturated heterocycles. The lowest BCUT2D eigenvalue weighted by molar-refractivity contribution is -0.171. The molecule has 8 heteroatoms. The van der Waals surface area contributed by atoms with Crippen molar-refractivity contribution >= 4 is 11.7 Å². The number of alkyl halides is 3. The highest BCUT2D eigenvalue weighted by atomic mass is 19.4. The van der Waals surface area contributed by atoms with Gasteiger partial charge in [-0.1, -0.05) is 6.92 Å². The van der Waals surface area contributed by atoms with Crippen LogP contribution in [0.5, 0.6) is 0 Å². The van der Waals surface area contributed by atoms with Crippen LogP contribution in [-0.4, -0.2) is 46.4 Å². The van der Waals surface area contributed by atoms with E-state index >= 15 is 0 Å². The van der Waals surface area contributed by atoms with Gasteiger partial charge in [-0.2, -0.15) is 18.3 Å². The number of nitrogens with one attached hydrogen (secondary N) is 1. The van der Waals surface area contributed by atoms with Gasteiger partial charge in [-0.15, -0.1) is 0 Å². The zero-order valence-corrected chi connectivity index (χ0v) is 12.4. The normalized spacial score (nSPS) is 25.5. The van der Waals surface area contributed by atoms with Crippen LogP contribution in [0, 0.1) is 5.92 Å². The molecular formula is C14H19F3N4O. The van der Waals surface area contributed by atoms with Crippen LogP contribution in [0.25, 0.3) is 0 Å². The average Bonchev–Trinajstić information content (AvgIpc) is 2.89. The molecule has 1 aromatic heterocycles. The van der Waals surface area contributed by atoms with Crippen LogP contribution in [0.3, 0.4) is 0 Å². The quantitative estimate of drug-likeness (QED) is 0.866. The summed E-state index contributed by atoms with van der Waals surface area (Å²) in [7, 11) is 0. The number of halogens is 3. The van der Waals surface area contributed by atoms with Crippen LogP contribution >= 0.6 is 0 Å². The number of amides is 1. The van der Waals surface area contributed by atoms with Gasteiger partial charge >= 0.3 is 6.18 Å². The Morgan fingerprint density at radius 2 is 2.18 bits per heavy atom. The van der Waals surface area contributed by atoms with Gasteiger partial charge in [0.15, 0.2) is 6.04 Å². The van der Waals surface area contributed by atoms with Crippen LogP contribution in [0.4, 0.5) is 19.0 Å². The summed E-state index contributed by atoms with van der Waals surface area (Å²) in [6.45, 7) is 3.56. The van der Waals surface area contributed by atoms with Crippen LogP contribution in [0.2, 0.25) is 0 Å². The maximum Gasteiger partial charge on any atom is 0.410 e. The van der Waals surface area contributed by atoms with Crippen LogP contribution in [0.1, 0.15) is 42.6 Å². The summed E-state index contributed by atoms with van der Waals surface area (Å²) in [6.07, 6.45) is -1.18. The van der Waals surface area contributed by atoms with Gasteiger partial charge in [-0.05, 0) is 25.2 Å². The number of hydrogen-bond acceptors (Lipinski definition) is 3. The van der Waals surface area contributed by atoms with Crippen molar-refractivity contribution in [3.8, 4) is 0 Å². The SMILES string of the molecule is CC1CCCN(C(=O)c2cnn3c2NCCC3C(F)(F)F)C1. The Morgan fingerprint density at radius 3 is 2.86 bits per heavy atom. The molecule has 0 radical (unpaired) electrons. The third-order valence-electron chi connectivity index (χ3n) is 4.35. The van der Waals surface area contributed by atoms with E-state index in [0.717, 1.165) is 17.5 Å². The summed E-state index contributed by atoms with van der Waals surface area (Å²) in [5.74, 6) is 0.375. The van der Waals surface area contributed by atoms with Crippen molar-refractivity contribution in [2.24, 2.45) is 5.92 Å². The molecule has 0 spiro atoms. The molecule has 0 saturated carbocycles. The molecule has 2 aliphatic heterocycles. The van der Waals surface area contributed by atoms with Gasteiger partial charge in [0.2, 0.25) is 0 Å². The van der Waals surface area contributed by atoms with Crippen molar-refractivity contribution in [3.63, 3.8) is 0 Å². The average molecular weight is 316 g/mol. The number of likely N-dealkylation sites (tertiary alicyclic amines) is 1. The van der Waals surface area contributed by atoms with Crippen molar-refractivity contribution in [2.75, 3.05) is 25.0 Å². The van der Waals surface area contributed by atoms with Gasteiger partial charge in [0, 0.05) is 19.6 Å². The van der Waals surface area contributed by atoms with Gasteiger partial charge in [-0.3, -0.25) is 4.79 Å². The first-order valence-corrected chi connectivity index (χ1v) is 7.55. The Bertz CT molecular complexity index is 569. The number of carbonyl (C=O) groups is 1. The monoisotopic (exact) mass is 316 g/mol. The van der Waals surface area contributed by atoms with E-state index in [1.807, 2.05) is 0 Å². The molecule has 5 nitrogen and oxygen atoms in total. The molecule has 3 rings (SSSR count). The molecule has 1 N–H and O–H groups in total. The van der Waals surface area contributed by atoms with Crippen molar-refractivity contribution in [1.29, 1.82) is 0 Å². The third kappa shape index (κ3) is 2.66. The molecule has 0 aromatic carbocycles. The van der Waals surface area contributed by atoms with Gasteiger partial charge in [0.05, 0.1) is 6.20 Å². The molecule has 1 amide bonds. The second kappa shape index (κ2) is 5.48. The maximum atomic E-state index is 13.1. The van der Waals surface area contributed by atoms with Crippen LogP contribution in [0.15, 0.2) is 6.20 Å². The minimum absolute atomic E-state index is 0.0768. The Morgan fingerprint density at radius 1 is 1.41 bits per heavy atom. The minimum Gasteiger partial charge on any atom is -0.370 e. The zero-order chi connectivity index (χ0) is 15.9. The molecule has 122 valence electrons. The Balaban J connectivity index is 1.87. The number of aromatic nitrogens is 2. The van der Waals surface area contributed by atoms with E-state index in [4.69, 9.17) is 0 Å². The molecule has 2 aliphatic rings. The van der Waals surface area contributed by atoms with E-state index in [1.54, 1.807) is 4.90 Å². The first-order valence-electron chi connectivity index (χ1n) is 7.55. The molecule has 0 bridgehead atoms. The largest absolute Gasteiger partial charge is 0.410 e. The van der Waals surface area contributed by atoms with Crippen molar-refractivity contribution in [3.05, 3.63) is 11.8 Å². The van der Waals surface area contributed by atoms with E-state index in [1.165, 1.54) is 6.20 Å². The van der Waals surface area contributed by atoms with Gasteiger partial charge < -0.3 is 10.2 Å². The fourth-order valence-corrected chi connectivity index (χ4v) is 3.23. The molecule has 1 fully saturated rings. The van der Waals surface area contributed by atoms with Crippen molar-refractivity contribution in [1.82, 2.24) is 14.7 Å². The number of nitrogens with zero attached hydrogens (tertiary/aromatic N) is 3. The summed E-state index contributed by atoms with van der Waals surface area (Å²) in [5.41, 5.74) is 0.239. The molecule has 22 heavy (non-hydrogen) atoms. The summed E-state index contributed by atoms with van der Waals surface area (Å²) in [5, 5.41) is 6.72. The lowest BCUT2D eigenvalue weighted by Gasteiger charge is -2.32. The Hall–Kier alpha value is -1.73. The molecule has 2 unspecified atom stereocenters. The smallest absolute Gasteiger partial charge is 0.370 e. The summed E-state index contributed by atoms with van der Waals surface area (Å²) in [6, 6.07) is -1.66. The topological polar surface area (TPSA) is 50.2 Å². The van der Waals surface area contributed by atoms with Crippen molar-refractivity contribution < 1.29 is 18.0 Å². The molecule has 2 atom stereocenters. The molecule has 3 heterocycles. The highest BCUT2D eigenvalue weighted by molar-refractivity contribution is 5.98. The minimum atomic E-state index is -4.36. The number of carbonyl (C=O) groups excluding carboxylic acids is 1. The Labute approximate surface area is 126 Å². The standard InChI is InChI=1S/C14H19F3N4O/c1-9-3-2-6-20(8-9)13(22)10-7-19-21-11(14(15,16)17)4-5-18-12(10)21/h7,9,11,18H,2-6,8H2,1H3. The fraction of sp³-hybridized carbons (Fsp3) is 0.714. The second-order valence-corrected chi connectivity index (χ2v) is 6.12. The second-order valence-electron chi connectivity index (χ2n) is 6.12. The first kappa shape index (κ1) is 15.2. The lowest BCUT2D eigenvalue weighted by Crippen LogP contribution is -2.40. The number of fused-ring (bicyclic) bond motifs is 1. The maximum absolute atomic E-state index is 13.1. The van der Waals surface area contributed by atoms with E-state index < -0.39 is 12.2 Å². The summed E-state index contributed by atoms with van der Waals surface area (Å²) in [4.78, 5) is 14.3. The van der Waals surface area contributed by atoms with E-state index in [2.05, 4.69) is 17.3 Å². The van der Waals surface area contributed by atoms with Gasteiger partial charge in [0.25, 0.3) is 5.91 Å². The predicted molar refractivity (Wildman–Crippen MR) is 74.7 cm³/mol. The molecule has 1 aromatic rings. The summed E-state index contributed by atoms with van der Waals surface area (Å²) >= 11 is 0. The van der Waals surface area contributed by atoms with E-state index in [0.29, 0.717) is 19.0 Å². The fourth-order valence-electron chi connectivity index (χ4n) is 3.23. The highest BCUT2D eigenvalue weighted by Gasteiger charge is 2.44. The number of piperidine rings is 1. The van der Waals surface area contributed by atoms with Gasteiger partial charge in [-0.25, -0.2) is 4.68 Å². The molecular weight excluding hydrogens is 297 g/mol. The lowest BCUT2D eigenvalue weighted by atomic mass is 10.00. The van der Waals surface area contributed by atoms with E-state index in [9.17, 15) is 18.0 Å². The van der Waals surface area contributed by atoms with Crippen LogP contribution in [-0.2, 0) is 0 Å². The third-order valence-corrected chi connectivity index (χ3v) is 4.35. The molecule has 0 aliphatic carbocycles. The van der Waals surface area contributed by atoms with Gasteiger partial charge in [0.1, 0.15) is 11.4 Å². The van der Waals surface area contributed by atoms with Crippen molar-refractivity contribution in [2.45, 2.75) is 38.4 Å².